The Kier molecular flexibility index (Phi) is 9.12. The molecule has 11 nitrogen and oxygen atoms in total. The van der Waals surface area contributed by atoms with Gasteiger partial charge in [-0.2, -0.15) is 0 Å². The summed E-state index contributed by atoms with van der Waals surface area (Å²) in [5, 5.41) is 57.8. The number of aliphatic hydroxyl groups excluding tert-OH is 1. The molecule has 0 bridgehead atoms. The fourth-order valence-corrected chi connectivity index (χ4v) is 5.00. The molecule has 5 N–H and O–H groups in total. The Morgan fingerprint density at radius 2 is 0.822 bits per heavy atom. The molecule has 0 saturated heterocycles. The molecule has 4 rings (SSSR count). The summed E-state index contributed by atoms with van der Waals surface area (Å²) in [6.45, 7) is 0. The molecule has 4 aromatic rings. The summed E-state index contributed by atoms with van der Waals surface area (Å²) in [7, 11) is 0. The van der Waals surface area contributed by atoms with E-state index in [0.717, 1.165) is 48.5 Å². The number of hydrogen-bond acceptors (Lipinski definition) is 10. The van der Waals surface area contributed by atoms with Gasteiger partial charge in [-0.05, 0) is 0 Å². The van der Waals surface area contributed by atoms with Crippen LogP contribution < -0.4 is 0 Å². The van der Waals surface area contributed by atoms with Gasteiger partial charge < -0.3 is 25.5 Å². The van der Waals surface area contributed by atoms with E-state index in [-0.39, 0.29) is 0 Å². The van der Waals surface area contributed by atoms with Crippen LogP contribution in [-0.4, -0.2) is 83.3 Å². The molecule has 0 aromatic heterocycles. The minimum absolute atomic E-state index is 0.437. The molecule has 0 aliphatic heterocycles. The monoisotopic (exact) mass is 610 g/mol. The van der Waals surface area contributed by atoms with Crippen LogP contribution >= 0.6 is 0 Å². The zero-order chi connectivity index (χ0) is 33.0. The van der Waals surface area contributed by atoms with Gasteiger partial charge in [0.2, 0.25) is 45.7 Å². The van der Waals surface area contributed by atoms with E-state index in [2.05, 4.69) is 0 Å². The lowest BCUT2D eigenvalue weighted by Crippen LogP contribution is -2.83. The van der Waals surface area contributed by atoms with Crippen LogP contribution in [0.3, 0.4) is 0 Å². The average molecular weight is 611 g/mol. The number of Topliss-reactive ketones (excluding diaryl/α,β-unsaturated/α-hetero) is 5. The van der Waals surface area contributed by atoms with Crippen LogP contribution in [0.5, 0.6) is 0 Å². The van der Waals surface area contributed by atoms with Gasteiger partial charge in [0.05, 0.1) is 0 Å². The molecule has 4 aromatic carbocycles. The van der Waals surface area contributed by atoms with Crippen LogP contribution in [0.2, 0.25) is 0 Å². The Morgan fingerprint density at radius 3 is 1.20 bits per heavy atom. The molecule has 0 fully saturated rings. The van der Waals surface area contributed by atoms with Crippen molar-refractivity contribution >= 4 is 34.9 Å². The van der Waals surface area contributed by atoms with Crippen molar-refractivity contribution in [3.8, 4) is 0 Å². The summed E-state index contributed by atoms with van der Waals surface area (Å²) in [6, 6.07) is 24.2. The molecule has 0 aliphatic rings. The number of carboxylic acids is 1. The van der Waals surface area contributed by atoms with Crippen LogP contribution in [0.25, 0.3) is 0 Å². The maximum atomic E-state index is 14.4. The van der Waals surface area contributed by atoms with E-state index < -0.39 is 80.0 Å². The van der Waals surface area contributed by atoms with Crippen LogP contribution in [0.15, 0.2) is 121 Å². The van der Waals surface area contributed by atoms with Gasteiger partial charge in [0.1, 0.15) is 0 Å². The second-order valence-electron chi connectivity index (χ2n) is 10.0. The normalized spacial score (nSPS) is 15.7. The van der Waals surface area contributed by atoms with Gasteiger partial charge in [0, 0.05) is 22.3 Å². The number of aliphatic carboxylic acids is 1. The maximum Gasteiger partial charge on any atom is 0.336 e. The molecule has 0 saturated carbocycles. The molecule has 11 heteroatoms. The van der Waals surface area contributed by atoms with Crippen molar-refractivity contribution in [2.24, 2.45) is 0 Å². The topological polar surface area (TPSA) is 204 Å². The molecule has 0 spiro atoms. The Labute approximate surface area is 255 Å². The molecular formula is C34H26O11. The minimum atomic E-state index is -4.57. The third-order valence-corrected chi connectivity index (χ3v) is 7.39. The lowest BCUT2D eigenvalue weighted by Gasteiger charge is -2.49. The molecule has 0 amide bonds. The van der Waals surface area contributed by atoms with E-state index in [1.54, 1.807) is 0 Å². The fourth-order valence-electron chi connectivity index (χ4n) is 5.00. The van der Waals surface area contributed by atoms with Crippen molar-refractivity contribution in [3.05, 3.63) is 144 Å². The standard InChI is InChI=1S/C34H26O11/c35-25(21-13-5-1-6-14-21)29(39)32(43,26(36)22-15-7-2-8-16-22)34(45,28(38)24-19-11-4-12-20-24)33(44,30(40)31(41)42)27(37)23-17-9-3-10-18-23/h1-20,30,40,43-45H,(H,41,42)/t30-,32+,33+,34-/m1/s1. The van der Waals surface area contributed by atoms with Crippen LogP contribution in [0, 0.1) is 0 Å². The van der Waals surface area contributed by atoms with Crippen LogP contribution in [0.4, 0.5) is 0 Å². The second-order valence-corrected chi connectivity index (χ2v) is 10.0. The van der Waals surface area contributed by atoms with Crippen molar-refractivity contribution in [1.82, 2.24) is 0 Å². The number of carboxylic acid groups (broad SMARTS) is 1. The predicted molar refractivity (Wildman–Crippen MR) is 157 cm³/mol. The summed E-state index contributed by atoms with van der Waals surface area (Å²) in [5.41, 5.74) is -15.7. The summed E-state index contributed by atoms with van der Waals surface area (Å²) in [4.78, 5) is 82.7. The Balaban J connectivity index is 2.18. The fraction of sp³-hybridized carbons (Fsp3) is 0.118. The van der Waals surface area contributed by atoms with Gasteiger partial charge in [-0.15, -0.1) is 0 Å². The van der Waals surface area contributed by atoms with Gasteiger partial charge in [0.25, 0.3) is 0 Å². The first-order chi connectivity index (χ1) is 21.3. The van der Waals surface area contributed by atoms with E-state index in [4.69, 9.17) is 0 Å². The number of hydrogen-bond donors (Lipinski definition) is 5. The van der Waals surface area contributed by atoms with Crippen molar-refractivity contribution in [2.75, 3.05) is 0 Å². The zero-order valence-electron chi connectivity index (χ0n) is 23.3. The number of rotatable bonds is 13. The first-order valence-corrected chi connectivity index (χ1v) is 13.3. The highest BCUT2D eigenvalue weighted by atomic mass is 16.4. The lowest BCUT2D eigenvalue weighted by molar-refractivity contribution is -0.214. The molecule has 45 heavy (non-hydrogen) atoms. The molecule has 0 heterocycles. The largest absolute Gasteiger partial charge is 0.479 e. The van der Waals surface area contributed by atoms with E-state index in [9.17, 15) is 54.3 Å². The molecule has 0 unspecified atom stereocenters. The van der Waals surface area contributed by atoms with Crippen molar-refractivity contribution in [3.63, 3.8) is 0 Å². The average Bonchev–Trinajstić information content (AvgIpc) is 3.09. The van der Waals surface area contributed by atoms with E-state index in [1.165, 1.54) is 72.8 Å². The van der Waals surface area contributed by atoms with Crippen molar-refractivity contribution in [1.29, 1.82) is 0 Å². The summed E-state index contributed by atoms with van der Waals surface area (Å²) >= 11 is 0. The third kappa shape index (κ3) is 5.30. The number of benzene rings is 4. The maximum absolute atomic E-state index is 14.4. The first-order valence-electron chi connectivity index (χ1n) is 13.3. The summed E-state index contributed by atoms with van der Waals surface area (Å²) in [5.74, 6) is -11.9. The molecular weight excluding hydrogens is 584 g/mol. The Bertz CT molecular complexity index is 1760. The first kappa shape index (κ1) is 32.5. The summed E-state index contributed by atoms with van der Waals surface area (Å²) < 4.78 is 0. The van der Waals surface area contributed by atoms with E-state index in [0.29, 0.717) is 0 Å². The third-order valence-electron chi connectivity index (χ3n) is 7.39. The number of ketones is 5. The number of carbonyl (C=O) groups excluding carboxylic acids is 5. The van der Waals surface area contributed by atoms with E-state index in [1.807, 2.05) is 0 Å². The lowest BCUT2D eigenvalue weighted by atomic mass is 9.58. The minimum Gasteiger partial charge on any atom is -0.479 e. The highest BCUT2D eigenvalue weighted by Gasteiger charge is 2.78. The Morgan fingerprint density at radius 1 is 0.489 bits per heavy atom. The zero-order valence-corrected chi connectivity index (χ0v) is 23.3. The summed E-state index contributed by atoms with van der Waals surface area (Å²) in [6.07, 6.45) is -3.46. The smallest absolute Gasteiger partial charge is 0.336 e. The van der Waals surface area contributed by atoms with Crippen LogP contribution in [-0.2, 0) is 9.59 Å². The van der Waals surface area contributed by atoms with Crippen LogP contribution in [0.1, 0.15) is 41.4 Å². The van der Waals surface area contributed by atoms with Gasteiger partial charge >= 0.3 is 5.97 Å². The molecule has 4 atom stereocenters. The predicted octanol–water partition coefficient (Wildman–Crippen LogP) is 1.73. The molecule has 0 aliphatic carbocycles. The quantitative estimate of drug-likeness (QED) is 0.0838. The Hall–Kier alpha value is -5.46. The van der Waals surface area contributed by atoms with Gasteiger partial charge in [0.15, 0.2) is 6.10 Å². The van der Waals surface area contributed by atoms with Crippen molar-refractivity contribution in [2.45, 2.75) is 22.9 Å². The molecule has 0 radical (unpaired) electrons. The SMILES string of the molecule is O=C(C(=O)[C@@](O)(C(=O)c1ccccc1)[C@](O)(C(=O)c1ccccc1)[C@](O)(C(=O)c1ccccc1)[C@H](O)C(=O)O)c1ccccc1. The van der Waals surface area contributed by atoms with Crippen molar-refractivity contribution < 1.29 is 54.3 Å². The van der Waals surface area contributed by atoms with Gasteiger partial charge in [-0.1, -0.05) is 121 Å². The highest BCUT2D eigenvalue weighted by molar-refractivity contribution is 6.52. The highest BCUT2D eigenvalue weighted by Crippen LogP contribution is 2.44. The van der Waals surface area contributed by atoms with E-state index >= 15 is 0 Å². The van der Waals surface area contributed by atoms with Gasteiger partial charge in [-0.25, -0.2) is 4.79 Å². The van der Waals surface area contributed by atoms with Gasteiger partial charge in [-0.3, -0.25) is 24.0 Å². The number of aliphatic hydroxyl groups is 4. The second kappa shape index (κ2) is 12.6. The molecule has 228 valence electrons. The number of carbonyl (C=O) groups is 6.